The van der Waals surface area contributed by atoms with E-state index in [1.807, 2.05) is 18.2 Å². The van der Waals surface area contributed by atoms with Crippen molar-refractivity contribution in [3.8, 4) is 0 Å². The Bertz CT molecular complexity index is 981. The predicted molar refractivity (Wildman–Crippen MR) is 126 cm³/mol. The van der Waals surface area contributed by atoms with E-state index in [4.69, 9.17) is 0 Å². The van der Waals surface area contributed by atoms with Crippen LogP contribution in [0.25, 0.3) is 0 Å². The molecule has 1 atom stereocenters. The van der Waals surface area contributed by atoms with Crippen LogP contribution in [-0.2, 0) is 21.2 Å². The van der Waals surface area contributed by atoms with E-state index < -0.39 is 10.0 Å². The molecule has 0 bridgehead atoms. The van der Waals surface area contributed by atoms with E-state index in [-0.39, 0.29) is 18.4 Å². The van der Waals surface area contributed by atoms with Crippen LogP contribution in [0.2, 0.25) is 0 Å². The lowest BCUT2D eigenvalue weighted by molar-refractivity contribution is -0.120. The highest BCUT2D eigenvalue weighted by Crippen LogP contribution is 2.25. The van der Waals surface area contributed by atoms with Crippen LogP contribution >= 0.6 is 0 Å². The van der Waals surface area contributed by atoms with E-state index in [0.29, 0.717) is 24.5 Å². The lowest BCUT2D eigenvalue weighted by atomic mass is 10.1. The van der Waals surface area contributed by atoms with Gasteiger partial charge < -0.3 is 5.32 Å². The molecule has 32 heavy (non-hydrogen) atoms. The van der Waals surface area contributed by atoms with Crippen molar-refractivity contribution in [3.63, 3.8) is 0 Å². The van der Waals surface area contributed by atoms with E-state index in [0.717, 1.165) is 37.9 Å². The molecule has 172 valence electrons. The van der Waals surface area contributed by atoms with Crippen LogP contribution in [0, 0.1) is 0 Å². The van der Waals surface area contributed by atoms with Gasteiger partial charge in [-0.25, -0.2) is 8.42 Å². The van der Waals surface area contributed by atoms with Gasteiger partial charge in [-0.2, -0.15) is 4.31 Å². The number of likely N-dealkylation sites (tertiary alicyclic amines) is 1. The summed E-state index contributed by atoms with van der Waals surface area (Å²) in [6.45, 7) is 3.87. The molecule has 0 saturated carbocycles. The summed E-state index contributed by atoms with van der Waals surface area (Å²) >= 11 is 0. The number of amides is 1. The predicted octanol–water partition coefficient (Wildman–Crippen LogP) is 3.36. The molecule has 2 saturated heterocycles. The van der Waals surface area contributed by atoms with Gasteiger partial charge in [-0.3, -0.25) is 9.69 Å². The quantitative estimate of drug-likeness (QED) is 0.663. The summed E-state index contributed by atoms with van der Waals surface area (Å²) in [6.07, 6.45) is 5.56. The maximum absolute atomic E-state index is 12.8. The third-order valence-electron chi connectivity index (χ3n) is 6.50. The molecular weight excluding hydrogens is 422 g/mol. The van der Waals surface area contributed by atoms with E-state index >= 15 is 0 Å². The number of hydrogen-bond donors (Lipinski definition) is 1. The van der Waals surface area contributed by atoms with Gasteiger partial charge in [0.25, 0.3) is 0 Å². The number of sulfonamides is 1. The summed E-state index contributed by atoms with van der Waals surface area (Å²) in [5, 5.41) is 3.10. The van der Waals surface area contributed by atoms with Crippen molar-refractivity contribution in [3.05, 3.63) is 65.7 Å². The summed E-state index contributed by atoms with van der Waals surface area (Å²) in [5.41, 5.74) is 2.04. The van der Waals surface area contributed by atoms with Crippen molar-refractivity contribution in [1.82, 2.24) is 14.5 Å². The van der Waals surface area contributed by atoms with Crippen LogP contribution < -0.4 is 5.32 Å². The number of nitrogens with one attached hydrogen (secondary N) is 1. The van der Waals surface area contributed by atoms with Crippen LogP contribution in [0.4, 0.5) is 0 Å². The third kappa shape index (κ3) is 5.57. The van der Waals surface area contributed by atoms with E-state index in [1.165, 1.54) is 18.4 Å². The zero-order valence-corrected chi connectivity index (χ0v) is 19.4. The Morgan fingerprint density at radius 1 is 0.844 bits per heavy atom. The monoisotopic (exact) mass is 455 g/mol. The van der Waals surface area contributed by atoms with Gasteiger partial charge in [0.1, 0.15) is 0 Å². The SMILES string of the molecule is O=C(Cc1ccc(S(=O)(=O)N2CCCCC2)cc1)NCC(c1ccccc1)N1CCCC1. The third-order valence-corrected chi connectivity index (χ3v) is 8.41. The summed E-state index contributed by atoms with van der Waals surface area (Å²) in [7, 11) is -3.44. The highest BCUT2D eigenvalue weighted by molar-refractivity contribution is 7.89. The molecule has 7 heteroatoms. The van der Waals surface area contributed by atoms with Crippen LogP contribution in [0.15, 0.2) is 59.5 Å². The number of benzene rings is 2. The Kier molecular flexibility index (Phi) is 7.60. The summed E-state index contributed by atoms with van der Waals surface area (Å²) in [6, 6.07) is 17.3. The molecule has 1 amide bonds. The zero-order chi connectivity index (χ0) is 22.4. The standard InChI is InChI=1S/C25H33N3O3S/c29-25(26-20-24(27-15-7-8-16-27)22-9-3-1-4-10-22)19-21-11-13-23(14-12-21)32(30,31)28-17-5-2-6-18-28/h1,3-4,9-14,24H,2,5-8,15-20H2,(H,26,29). The van der Waals surface area contributed by atoms with Crippen molar-refractivity contribution < 1.29 is 13.2 Å². The van der Waals surface area contributed by atoms with Crippen molar-refractivity contribution in [2.75, 3.05) is 32.7 Å². The highest BCUT2D eigenvalue weighted by Gasteiger charge is 2.26. The number of rotatable bonds is 8. The molecule has 2 fully saturated rings. The number of piperidine rings is 1. The molecule has 1 N–H and O–H groups in total. The molecule has 2 heterocycles. The summed E-state index contributed by atoms with van der Waals surface area (Å²) in [4.78, 5) is 15.4. The molecule has 2 aromatic rings. The second-order valence-electron chi connectivity index (χ2n) is 8.76. The summed E-state index contributed by atoms with van der Waals surface area (Å²) in [5.74, 6) is -0.0447. The first kappa shape index (κ1) is 23.0. The maximum Gasteiger partial charge on any atom is 0.243 e. The number of carbonyl (C=O) groups excluding carboxylic acids is 1. The van der Waals surface area contributed by atoms with Gasteiger partial charge in [0.15, 0.2) is 0 Å². The molecule has 2 aliphatic rings. The van der Waals surface area contributed by atoms with Gasteiger partial charge in [0.2, 0.25) is 15.9 Å². The van der Waals surface area contributed by atoms with E-state index in [9.17, 15) is 13.2 Å². The second-order valence-corrected chi connectivity index (χ2v) is 10.7. The Labute approximate surface area is 191 Å². The average molecular weight is 456 g/mol. The van der Waals surface area contributed by atoms with Gasteiger partial charge in [-0.05, 0) is 62.0 Å². The Balaban J connectivity index is 1.35. The molecule has 0 aliphatic carbocycles. The van der Waals surface area contributed by atoms with Gasteiger partial charge in [0.05, 0.1) is 17.4 Å². The minimum absolute atomic E-state index is 0.0447. The molecule has 4 rings (SSSR count). The first-order valence-electron chi connectivity index (χ1n) is 11.7. The lowest BCUT2D eigenvalue weighted by Gasteiger charge is -2.28. The van der Waals surface area contributed by atoms with Crippen LogP contribution in [-0.4, -0.2) is 56.3 Å². The van der Waals surface area contributed by atoms with Crippen LogP contribution in [0.3, 0.4) is 0 Å². The molecule has 2 aromatic carbocycles. The topological polar surface area (TPSA) is 69.7 Å². The first-order chi connectivity index (χ1) is 15.5. The highest BCUT2D eigenvalue weighted by atomic mass is 32.2. The van der Waals surface area contributed by atoms with Crippen molar-refractivity contribution in [1.29, 1.82) is 0 Å². The number of carbonyl (C=O) groups is 1. The van der Waals surface area contributed by atoms with Crippen molar-refractivity contribution in [2.45, 2.75) is 49.5 Å². The molecule has 0 spiro atoms. The zero-order valence-electron chi connectivity index (χ0n) is 18.6. The fraction of sp³-hybridized carbons (Fsp3) is 0.480. The fourth-order valence-corrected chi connectivity index (χ4v) is 6.20. The molecule has 6 nitrogen and oxygen atoms in total. The lowest BCUT2D eigenvalue weighted by Crippen LogP contribution is -2.37. The largest absolute Gasteiger partial charge is 0.354 e. The van der Waals surface area contributed by atoms with Crippen LogP contribution in [0.5, 0.6) is 0 Å². The second kappa shape index (κ2) is 10.6. The van der Waals surface area contributed by atoms with Gasteiger partial charge in [-0.15, -0.1) is 0 Å². The van der Waals surface area contributed by atoms with E-state index in [2.05, 4.69) is 22.3 Å². The number of hydrogen-bond acceptors (Lipinski definition) is 4. The minimum atomic E-state index is -3.44. The maximum atomic E-state index is 12.8. The summed E-state index contributed by atoms with van der Waals surface area (Å²) < 4.78 is 27.2. The minimum Gasteiger partial charge on any atom is -0.354 e. The smallest absolute Gasteiger partial charge is 0.243 e. The molecule has 2 aliphatic heterocycles. The van der Waals surface area contributed by atoms with Crippen molar-refractivity contribution in [2.24, 2.45) is 0 Å². The molecule has 0 aromatic heterocycles. The number of nitrogens with zero attached hydrogens (tertiary/aromatic N) is 2. The van der Waals surface area contributed by atoms with E-state index in [1.54, 1.807) is 28.6 Å². The average Bonchev–Trinajstić information content (AvgIpc) is 3.35. The first-order valence-corrected chi connectivity index (χ1v) is 13.1. The fourth-order valence-electron chi connectivity index (χ4n) is 4.68. The van der Waals surface area contributed by atoms with Gasteiger partial charge in [-0.1, -0.05) is 48.9 Å². The Morgan fingerprint density at radius 3 is 2.12 bits per heavy atom. The van der Waals surface area contributed by atoms with Gasteiger partial charge >= 0.3 is 0 Å². The Hall–Kier alpha value is -2.22. The molecule has 1 unspecified atom stereocenters. The Morgan fingerprint density at radius 2 is 1.47 bits per heavy atom. The van der Waals surface area contributed by atoms with Crippen molar-refractivity contribution >= 4 is 15.9 Å². The van der Waals surface area contributed by atoms with Crippen LogP contribution in [0.1, 0.15) is 49.3 Å². The molecule has 0 radical (unpaired) electrons. The van der Waals surface area contributed by atoms with Gasteiger partial charge in [0, 0.05) is 19.6 Å². The molecular formula is C25H33N3O3S. The normalized spacial score (nSPS) is 19.0.